The Bertz CT molecular complexity index is 1290. The number of benzene rings is 1. The highest BCUT2D eigenvalue weighted by Crippen LogP contribution is 2.32. The molecule has 0 spiro atoms. The van der Waals surface area contributed by atoms with Crippen molar-refractivity contribution in [3.8, 4) is 0 Å². The number of hydrogen-bond acceptors (Lipinski definition) is 7. The number of aromatic nitrogens is 6. The molecule has 1 aliphatic rings. The molecule has 3 aromatic heterocycles. The summed E-state index contributed by atoms with van der Waals surface area (Å²) in [6, 6.07) is 12.4. The van der Waals surface area contributed by atoms with Gasteiger partial charge < -0.3 is 20.5 Å². The Morgan fingerprint density at radius 1 is 1.18 bits per heavy atom. The predicted octanol–water partition coefficient (Wildman–Crippen LogP) is 2.47. The summed E-state index contributed by atoms with van der Waals surface area (Å²) < 4.78 is 3.34. The Balaban J connectivity index is 1.34. The molecule has 0 atom stereocenters. The van der Waals surface area contributed by atoms with Gasteiger partial charge in [-0.3, -0.25) is 9.48 Å². The number of nitrogens with zero attached hydrogens (tertiary/aromatic N) is 7. The zero-order valence-electron chi connectivity index (χ0n) is 18.8. The van der Waals surface area contributed by atoms with Crippen molar-refractivity contribution in [1.29, 1.82) is 0 Å². The lowest BCUT2D eigenvalue weighted by Gasteiger charge is -2.33. The zero-order chi connectivity index (χ0) is 22.9. The van der Waals surface area contributed by atoms with E-state index in [4.69, 9.17) is 5.73 Å². The van der Waals surface area contributed by atoms with Crippen LogP contribution in [0, 0.1) is 6.92 Å². The zero-order valence-corrected chi connectivity index (χ0v) is 18.8. The summed E-state index contributed by atoms with van der Waals surface area (Å²) in [6.45, 7) is 3.66. The number of fused-ring (bicyclic) bond motifs is 1. The molecule has 0 saturated carbocycles. The molecule has 0 unspecified atom stereocenters. The number of imidazole rings is 1. The molecule has 3 N–H and O–H groups in total. The first-order valence-corrected chi connectivity index (χ1v) is 11.1. The van der Waals surface area contributed by atoms with Gasteiger partial charge in [-0.25, -0.2) is 4.98 Å². The van der Waals surface area contributed by atoms with Gasteiger partial charge >= 0.3 is 0 Å². The average molecular weight is 446 g/mol. The van der Waals surface area contributed by atoms with Gasteiger partial charge in [-0.15, -0.1) is 0 Å². The minimum Gasteiger partial charge on any atom is -0.368 e. The summed E-state index contributed by atoms with van der Waals surface area (Å²) in [6.07, 6.45) is 3.68. The second-order valence-electron chi connectivity index (χ2n) is 8.46. The van der Waals surface area contributed by atoms with E-state index in [1.165, 1.54) is 5.56 Å². The normalized spacial score (nSPS) is 14.7. The largest absolute Gasteiger partial charge is 0.368 e. The van der Waals surface area contributed by atoms with Gasteiger partial charge in [-0.1, -0.05) is 30.3 Å². The van der Waals surface area contributed by atoms with Gasteiger partial charge in [-0.05, 0) is 31.2 Å². The van der Waals surface area contributed by atoms with E-state index in [9.17, 15) is 4.79 Å². The van der Waals surface area contributed by atoms with Crippen LogP contribution in [-0.4, -0.2) is 48.3 Å². The Kier molecular flexibility index (Phi) is 5.41. The van der Waals surface area contributed by atoms with Crippen molar-refractivity contribution in [2.24, 2.45) is 7.05 Å². The molecule has 33 heavy (non-hydrogen) atoms. The molecule has 1 amide bonds. The lowest BCUT2D eigenvalue weighted by atomic mass is 9.89. The molecular weight excluding hydrogens is 418 g/mol. The van der Waals surface area contributed by atoms with Gasteiger partial charge in [0.2, 0.25) is 11.9 Å². The number of carbonyl (C=O) groups excluding carboxylic acids is 1. The van der Waals surface area contributed by atoms with Crippen molar-refractivity contribution in [2.45, 2.75) is 32.2 Å². The van der Waals surface area contributed by atoms with Gasteiger partial charge in [0.15, 0.2) is 17.0 Å². The third kappa shape index (κ3) is 4.23. The fraction of sp³-hybridized carbons (Fsp3) is 0.348. The van der Waals surface area contributed by atoms with E-state index < -0.39 is 0 Å². The number of piperidine rings is 1. The number of anilines is 3. The second kappa shape index (κ2) is 8.53. The molecule has 0 bridgehead atoms. The number of carbonyl (C=O) groups is 1. The van der Waals surface area contributed by atoms with Crippen molar-refractivity contribution in [2.75, 3.05) is 29.0 Å². The molecule has 1 saturated heterocycles. The van der Waals surface area contributed by atoms with E-state index >= 15 is 0 Å². The van der Waals surface area contributed by atoms with Crippen LogP contribution in [0.2, 0.25) is 0 Å². The van der Waals surface area contributed by atoms with Crippen LogP contribution in [0.1, 0.15) is 30.0 Å². The molecule has 10 heteroatoms. The summed E-state index contributed by atoms with van der Waals surface area (Å²) in [5.41, 5.74) is 9.48. The fourth-order valence-corrected chi connectivity index (χ4v) is 4.50. The molecular formula is C23H27N9O. The highest BCUT2D eigenvalue weighted by molar-refractivity contribution is 5.91. The first-order valence-electron chi connectivity index (χ1n) is 11.1. The van der Waals surface area contributed by atoms with Gasteiger partial charge in [0.05, 0.1) is 12.0 Å². The third-order valence-corrected chi connectivity index (χ3v) is 6.11. The molecule has 5 rings (SSSR count). The second-order valence-corrected chi connectivity index (χ2v) is 8.46. The van der Waals surface area contributed by atoms with Gasteiger partial charge in [-0.2, -0.15) is 15.1 Å². The molecule has 1 aromatic carbocycles. The quantitative estimate of drug-likeness (QED) is 0.484. The molecule has 0 aliphatic carbocycles. The summed E-state index contributed by atoms with van der Waals surface area (Å²) in [5, 5.41) is 7.13. The van der Waals surface area contributed by atoms with Crippen LogP contribution in [0.25, 0.3) is 11.2 Å². The minimum atomic E-state index is -0.195. The standard InChI is InChI=1S/C23H27N9O/c1-15-12-18(30(2)29-15)26-19(33)13-32-14-25-20-21(27-23(24)28-22(20)32)31-10-8-17(9-11-31)16-6-4-3-5-7-16/h3-7,12,14,17H,8-11,13H2,1-2H3,(H,26,33)(H2,24,27,28). The highest BCUT2D eigenvalue weighted by atomic mass is 16.2. The molecule has 170 valence electrons. The van der Waals surface area contributed by atoms with Crippen LogP contribution in [0.3, 0.4) is 0 Å². The third-order valence-electron chi connectivity index (χ3n) is 6.11. The smallest absolute Gasteiger partial charge is 0.245 e. The molecule has 0 radical (unpaired) electrons. The highest BCUT2D eigenvalue weighted by Gasteiger charge is 2.25. The Labute approximate surface area is 191 Å². The Morgan fingerprint density at radius 3 is 2.64 bits per heavy atom. The summed E-state index contributed by atoms with van der Waals surface area (Å²) >= 11 is 0. The topological polar surface area (TPSA) is 120 Å². The Hall–Kier alpha value is -3.95. The van der Waals surface area contributed by atoms with E-state index in [2.05, 4.69) is 54.5 Å². The summed E-state index contributed by atoms with van der Waals surface area (Å²) in [5.74, 6) is 1.88. The van der Waals surface area contributed by atoms with Crippen LogP contribution < -0.4 is 16.0 Å². The van der Waals surface area contributed by atoms with Crippen LogP contribution >= 0.6 is 0 Å². The van der Waals surface area contributed by atoms with E-state index in [-0.39, 0.29) is 18.4 Å². The minimum absolute atomic E-state index is 0.0622. The lowest BCUT2D eigenvalue weighted by Crippen LogP contribution is -2.34. The first-order chi connectivity index (χ1) is 16.0. The van der Waals surface area contributed by atoms with Crippen molar-refractivity contribution in [3.63, 3.8) is 0 Å². The number of nitrogens with two attached hydrogens (primary N) is 1. The van der Waals surface area contributed by atoms with Gasteiger partial charge in [0, 0.05) is 26.2 Å². The fourth-order valence-electron chi connectivity index (χ4n) is 4.50. The molecule has 4 aromatic rings. The average Bonchev–Trinajstić information content (AvgIpc) is 3.35. The number of nitrogens with one attached hydrogen (secondary N) is 1. The predicted molar refractivity (Wildman–Crippen MR) is 127 cm³/mol. The van der Waals surface area contributed by atoms with Gasteiger partial charge in [0.25, 0.3) is 0 Å². The molecule has 4 heterocycles. The maximum Gasteiger partial charge on any atom is 0.245 e. The van der Waals surface area contributed by atoms with Crippen molar-refractivity contribution in [3.05, 3.63) is 54.0 Å². The van der Waals surface area contributed by atoms with E-state index in [0.29, 0.717) is 22.9 Å². The van der Waals surface area contributed by atoms with Crippen molar-refractivity contribution < 1.29 is 4.79 Å². The molecule has 10 nitrogen and oxygen atoms in total. The van der Waals surface area contributed by atoms with Crippen LogP contribution in [0.4, 0.5) is 17.6 Å². The van der Waals surface area contributed by atoms with E-state index in [1.807, 2.05) is 19.1 Å². The monoisotopic (exact) mass is 445 g/mol. The summed E-state index contributed by atoms with van der Waals surface area (Å²) in [4.78, 5) is 28.3. The van der Waals surface area contributed by atoms with E-state index in [0.717, 1.165) is 37.4 Å². The summed E-state index contributed by atoms with van der Waals surface area (Å²) in [7, 11) is 1.79. The van der Waals surface area contributed by atoms with Crippen LogP contribution in [0.15, 0.2) is 42.7 Å². The number of hydrogen-bond donors (Lipinski definition) is 2. The number of nitrogen functional groups attached to an aromatic ring is 1. The Morgan fingerprint density at radius 2 is 1.94 bits per heavy atom. The molecule has 1 aliphatic heterocycles. The van der Waals surface area contributed by atoms with Crippen molar-refractivity contribution >= 4 is 34.7 Å². The van der Waals surface area contributed by atoms with Crippen LogP contribution in [-0.2, 0) is 18.4 Å². The van der Waals surface area contributed by atoms with Crippen molar-refractivity contribution in [1.82, 2.24) is 29.3 Å². The maximum absolute atomic E-state index is 12.6. The molecule has 1 fully saturated rings. The first kappa shape index (κ1) is 20.9. The SMILES string of the molecule is Cc1cc(NC(=O)Cn2cnc3c(N4CCC(c5ccccc5)CC4)nc(N)nc32)n(C)n1. The number of amides is 1. The lowest BCUT2D eigenvalue weighted by molar-refractivity contribution is -0.116. The number of rotatable bonds is 5. The maximum atomic E-state index is 12.6. The number of aryl methyl sites for hydroxylation is 2. The van der Waals surface area contributed by atoms with Gasteiger partial charge in [0.1, 0.15) is 12.4 Å². The van der Waals surface area contributed by atoms with Crippen LogP contribution in [0.5, 0.6) is 0 Å². The van der Waals surface area contributed by atoms with E-state index in [1.54, 1.807) is 22.6 Å².